The van der Waals surface area contributed by atoms with Crippen molar-refractivity contribution in [3.05, 3.63) is 60.2 Å². The van der Waals surface area contributed by atoms with E-state index >= 15 is 0 Å². The molecule has 4 nitrogen and oxygen atoms in total. The van der Waals surface area contributed by atoms with Crippen LogP contribution in [0.2, 0.25) is 0 Å². The molecule has 0 saturated carbocycles. The van der Waals surface area contributed by atoms with Crippen molar-refractivity contribution in [1.82, 2.24) is 4.98 Å². The summed E-state index contributed by atoms with van der Waals surface area (Å²) in [6.07, 6.45) is 0. The SMILES string of the molecule is CN(c1ccc2cc(N)ccc2n1)c1ccccc1C#N. The molecule has 2 N–H and O–H groups in total. The fourth-order valence-electron chi connectivity index (χ4n) is 2.30. The maximum atomic E-state index is 9.21. The van der Waals surface area contributed by atoms with Crippen LogP contribution in [0.1, 0.15) is 5.56 Å². The molecule has 1 heterocycles. The molecular formula is C17H14N4. The predicted molar refractivity (Wildman–Crippen MR) is 85.4 cm³/mol. The molecule has 3 rings (SSSR count). The second kappa shape index (κ2) is 5.14. The van der Waals surface area contributed by atoms with Crippen molar-refractivity contribution in [1.29, 1.82) is 5.26 Å². The molecule has 0 radical (unpaired) electrons. The number of hydrogen-bond donors (Lipinski definition) is 1. The highest BCUT2D eigenvalue weighted by atomic mass is 15.2. The van der Waals surface area contributed by atoms with E-state index in [9.17, 15) is 5.26 Å². The summed E-state index contributed by atoms with van der Waals surface area (Å²) in [6, 6.07) is 19.2. The van der Waals surface area contributed by atoms with Crippen molar-refractivity contribution in [3.63, 3.8) is 0 Å². The van der Waals surface area contributed by atoms with E-state index in [0.29, 0.717) is 5.56 Å². The second-order valence-electron chi connectivity index (χ2n) is 4.81. The number of nitrogens with zero attached hydrogens (tertiary/aromatic N) is 3. The number of pyridine rings is 1. The van der Waals surface area contributed by atoms with Gasteiger partial charge in [0.05, 0.1) is 16.8 Å². The molecule has 0 amide bonds. The summed E-state index contributed by atoms with van der Waals surface area (Å²) in [4.78, 5) is 6.54. The van der Waals surface area contributed by atoms with Gasteiger partial charge < -0.3 is 10.6 Å². The summed E-state index contributed by atoms with van der Waals surface area (Å²) in [5, 5.41) is 10.2. The standard InChI is InChI=1S/C17H14N4/c1-21(16-5-3-2-4-13(16)11-18)17-9-6-12-10-14(19)7-8-15(12)20-17/h2-10H,19H2,1H3. The summed E-state index contributed by atoms with van der Waals surface area (Å²) in [5.41, 5.74) is 8.84. The van der Waals surface area contributed by atoms with Gasteiger partial charge in [0, 0.05) is 18.1 Å². The molecule has 0 atom stereocenters. The summed E-state index contributed by atoms with van der Waals surface area (Å²) in [7, 11) is 1.90. The minimum absolute atomic E-state index is 0.624. The van der Waals surface area contributed by atoms with Crippen LogP contribution < -0.4 is 10.6 Å². The smallest absolute Gasteiger partial charge is 0.133 e. The molecule has 1 aromatic heterocycles. The molecular weight excluding hydrogens is 260 g/mol. The fourth-order valence-corrected chi connectivity index (χ4v) is 2.30. The zero-order valence-corrected chi connectivity index (χ0v) is 11.6. The summed E-state index contributed by atoms with van der Waals surface area (Å²) < 4.78 is 0. The Labute approximate surface area is 123 Å². The lowest BCUT2D eigenvalue weighted by atomic mass is 10.1. The molecule has 102 valence electrons. The molecule has 2 aromatic carbocycles. The van der Waals surface area contributed by atoms with E-state index in [4.69, 9.17) is 5.73 Å². The third kappa shape index (κ3) is 2.37. The van der Waals surface area contributed by atoms with Gasteiger partial charge in [0.1, 0.15) is 11.9 Å². The topological polar surface area (TPSA) is 65.9 Å². The molecule has 3 aromatic rings. The summed E-state index contributed by atoms with van der Waals surface area (Å²) in [5.74, 6) is 0.787. The van der Waals surface area contributed by atoms with Gasteiger partial charge in [-0.2, -0.15) is 5.26 Å². The Morgan fingerprint density at radius 3 is 2.71 bits per heavy atom. The van der Waals surface area contributed by atoms with Gasteiger partial charge >= 0.3 is 0 Å². The maximum Gasteiger partial charge on any atom is 0.133 e. The fraction of sp³-hybridized carbons (Fsp3) is 0.0588. The van der Waals surface area contributed by atoms with Gasteiger partial charge in [0.2, 0.25) is 0 Å². The minimum atomic E-state index is 0.624. The predicted octanol–water partition coefficient (Wildman–Crippen LogP) is 3.46. The van der Waals surface area contributed by atoms with Gasteiger partial charge in [-0.15, -0.1) is 0 Å². The van der Waals surface area contributed by atoms with Crippen LogP contribution in [0.4, 0.5) is 17.2 Å². The third-order valence-electron chi connectivity index (χ3n) is 3.43. The van der Waals surface area contributed by atoms with Crippen LogP contribution in [0.3, 0.4) is 0 Å². The van der Waals surface area contributed by atoms with Crippen LogP contribution in [-0.4, -0.2) is 12.0 Å². The molecule has 4 heteroatoms. The first-order chi connectivity index (χ1) is 10.2. The van der Waals surface area contributed by atoms with E-state index in [1.807, 2.05) is 60.5 Å². The number of hydrogen-bond acceptors (Lipinski definition) is 4. The first-order valence-corrected chi connectivity index (χ1v) is 6.58. The monoisotopic (exact) mass is 274 g/mol. The highest BCUT2D eigenvalue weighted by Crippen LogP contribution is 2.27. The number of nitriles is 1. The Balaban J connectivity index is 2.07. The molecule has 0 aliphatic carbocycles. The molecule has 0 fully saturated rings. The number of fused-ring (bicyclic) bond motifs is 1. The van der Waals surface area contributed by atoms with E-state index < -0.39 is 0 Å². The van der Waals surface area contributed by atoms with E-state index in [1.54, 1.807) is 6.07 Å². The number of anilines is 3. The number of nitrogen functional groups attached to an aromatic ring is 1. The van der Waals surface area contributed by atoms with Crippen molar-refractivity contribution in [2.75, 3.05) is 17.7 Å². The number of para-hydroxylation sites is 1. The molecule has 0 unspecified atom stereocenters. The van der Waals surface area contributed by atoms with Crippen LogP contribution in [0.5, 0.6) is 0 Å². The highest BCUT2D eigenvalue weighted by molar-refractivity contribution is 5.84. The van der Waals surface area contributed by atoms with Crippen LogP contribution in [0.25, 0.3) is 10.9 Å². The van der Waals surface area contributed by atoms with E-state index in [-0.39, 0.29) is 0 Å². The van der Waals surface area contributed by atoms with Gasteiger partial charge in [0.15, 0.2) is 0 Å². The summed E-state index contributed by atoms with van der Waals surface area (Å²) in [6.45, 7) is 0. The Kier molecular flexibility index (Phi) is 3.17. The lowest BCUT2D eigenvalue weighted by Gasteiger charge is -2.19. The van der Waals surface area contributed by atoms with Crippen molar-refractivity contribution in [2.45, 2.75) is 0 Å². The number of benzene rings is 2. The molecule has 0 bridgehead atoms. The number of aromatic nitrogens is 1. The average Bonchev–Trinajstić information content (AvgIpc) is 2.53. The van der Waals surface area contributed by atoms with Gasteiger partial charge in [-0.3, -0.25) is 0 Å². The van der Waals surface area contributed by atoms with Crippen LogP contribution >= 0.6 is 0 Å². The first kappa shape index (κ1) is 12.9. The van der Waals surface area contributed by atoms with E-state index in [0.717, 1.165) is 28.1 Å². The second-order valence-corrected chi connectivity index (χ2v) is 4.81. The molecule has 0 spiro atoms. The Bertz CT molecular complexity index is 849. The molecule has 21 heavy (non-hydrogen) atoms. The van der Waals surface area contributed by atoms with Crippen LogP contribution in [0, 0.1) is 11.3 Å². The number of rotatable bonds is 2. The van der Waals surface area contributed by atoms with Crippen molar-refractivity contribution >= 4 is 28.1 Å². The Morgan fingerprint density at radius 2 is 1.90 bits per heavy atom. The lowest BCUT2D eigenvalue weighted by molar-refractivity contribution is 1.14. The van der Waals surface area contributed by atoms with Gasteiger partial charge in [-0.05, 0) is 42.5 Å². The Hall–Kier alpha value is -3.06. The van der Waals surface area contributed by atoms with Gasteiger partial charge in [-0.1, -0.05) is 12.1 Å². The van der Waals surface area contributed by atoms with Gasteiger partial charge in [0.25, 0.3) is 0 Å². The zero-order valence-electron chi connectivity index (χ0n) is 11.6. The molecule has 0 saturated heterocycles. The first-order valence-electron chi connectivity index (χ1n) is 6.58. The van der Waals surface area contributed by atoms with E-state index in [1.165, 1.54) is 0 Å². The van der Waals surface area contributed by atoms with Crippen molar-refractivity contribution < 1.29 is 0 Å². The average molecular weight is 274 g/mol. The molecule has 0 aliphatic rings. The lowest BCUT2D eigenvalue weighted by Crippen LogP contribution is -2.12. The zero-order chi connectivity index (χ0) is 14.8. The Morgan fingerprint density at radius 1 is 1.10 bits per heavy atom. The van der Waals surface area contributed by atoms with Crippen molar-refractivity contribution in [2.24, 2.45) is 0 Å². The van der Waals surface area contributed by atoms with Crippen LogP contribution in [0.15, 0.2) is 54.6 Å². The minimum Gasteiger partial charge on any atom is -0.399 e. The van der Waals surface area contributed by atoms with Crippen LogP contribution in [-0.2, 0) is 0 Å². The highest BCUT2D eigenvalue weighted by Gasteiger charge is 2.10. The normalized spacial score (nSPS) is 10.3. The molecule has 0 aliphatic heterocycles. The van der Waals surface area contributed by atoms with Crippen molar-refractivity contribution in [3.8, 4) is 6.07 Å². The van der Waals surface area contributed by atoms with Gasteiger partial charge in [-0.25, -0.2) is 4.98 Å². The maximum absolute atomic E-state index is 9.21. The number of nitrogens with two attached hydrogens (primary N) is 1. The summed E-state index contributed by atoms with van der Waals surface area (Å²) >= 11 is 0. The largest absolute Gasteiger partial charge is 0.399 e. The quantitative estimate of drug-likeness (QED) is 0.727. The van der Waals surface area contributed by atoms with E-state index in [2.05, 4.69) is 11.1 Å². The third-order valence-corrected chi connectivity index (χ3v) is 3.43.